The molecule has 0 atom stereocenters. The van der Waals surface area contributed by atoms with Crippen LogP contribution < -0.4 is 17.0 Å². The molecule has 0 saturated carbocycles. The van der Waals surface area contributed by atoms with E-state index >= 15 is 0 Å². The second-order valence-corrected chi connectivity index (χ2v) is 5.06. The van der Waals surface area contributed by atoms with Crippen molar-refractivity contribution in [3.8, 4) is 11.5 Å². The van der Waals surface area contributed by atoms with Crippen LogP contribution in [0.4, 0.5) is 0 Å². The van der Waals surface area contributed by atoms with Crippen LogP contribution in [-0.4, -0.2) is 20.0 Å². The van der Waals surface area contributed by atoms with Crippen molar-refractivity contribution in [1.82, 2.24) is 9.78 Å². The first-order valence-corrected chi connectivity index (χ1v) is 6.49. The van der Waals surface area contributed by atoms with Crippen LogP contribution in [0.1, 0.15) is 22.5 Å². The van der Waals surface area contributed by atoms with Gasteiger partial charge in [-0.15, -0.1) is 0 Å². The number of rotatable bonds is 3. The van der Waals surface area contributed by atoms with Gasteiger partial charge in [-0.3, -0.25) is 0 Å². The van der Waals surface area contributed by atoms with Crippen molar-refractivity contribution in [2.75, 3.05) is 0 Å². The normalized spacial score (nSPS) is 10.6. The number of benzene rings is 1. The van der Waals surface area contributed by atoms with Gasteiger partial charge < -0.3 is 27.2 Å². The maximum atomic E-state index is 9.67. The molecule has 0 saturated heterocycles. The highest BCUT2D eigenvalue weighted by Crippen LogP contribution is 2.25. The SMILES string of the molecule is CCn1nc(C)s[c+]1C=Cc1ccc(O)cc1O.[Br-]. The first-order valence-electron chi connectivity index (χ1n) is 5.67. The van der Waals surface area contributed by atoms with Gasteiger partial charge in [0.15, 0.2) is 0 Å². The minimum absolute atomic E-state index is 0. The van der Waals surface area contributed by atoms with Crippen LogP contribution in [0.25, 0.3) is 12.2 Å². The number of aromatic hydroxyl groups is 2. The molecule has 2 N–H and O–H groups in total. The molecule has 0 fully saturated rings. The van der Waals surface area contributed by atoms with Crippen molar-refractivity contribution in [3.63, 3.8) is 0 Å². The summed E-state index contributed by atoms with van der Waals surface area (Å²) >= 11 is 1.60. The Labute approximate surface area is 126 Å². The zero-order chi connectivity index (χ0) is 13.1. The van der Waals surface area contributed by atoms with Crippen molar-refractivity contribution in [1.29, 1.82) is 0 Å². The minimum atomic E-state index is 0. The molecule has 0 aliphatic rings. The highest BCUT2D eigenvalue weighted by Gasteiger charge is 2.10. The van der Waals surface area contributed by atoms with Gasteiger partial charge in [-0.05, 0) is 19.1 Å². The summed E-state index contributed by atoms with van der Waals surface area (Å²) in [5.74, 6) is 0.123. The number of aryl methyl sites for hydroxylation is 2. The number of nitrogens with zero attached hydrogens (tertiary/aromatic N) is 2. The highest BCUT2D eigenvalue weighted by molar-refractivity contribution is 7.12. The molecular weight excluding hydrogens is 328 g/mol. The molecule has 19 heavy (non-hydrogen) atoms. The van der Waals surface area contributed by atoms with Gasteiger partial charge >= 0.3 is 0 Å². The molecule has 1 aromatic carbocycles. The second kappa shape index (κ2) is 6.68. The summed E-state index contributed by atoms with van der Waals surface area (Å²) in [4.78, 5) is 0. The lowest BCUT2D eigenvalue weighted by Crippen LogP contribution is -3.00. The fourth-order valence-corrected chi connectivity index (χ4v) is 2.48. The predicted octanol–water partition coefficient (Wildman–Crippen LogP) is 0.140. The Kier molecular flexibility index (Phi) is 5.50. The Morgan fingerprint density at radius 2 is 2.16 bits per heavy atom. The summed E-state index contributed by atoms with van der Waals surface area (Å²) in [7, 11) is 0. The Morgan fingerprint density at radius 3 is 2.79 bits per heavy atom. The predicted molar refractivity (Wildman–Crippen MR) is 73.6 cm³/mol. The standard InChI is InChI=1S/C13H14N2O2S.BrH/c1-3-15-13(18-9(2)14-15)7-5-10-4-6-11(16)8-12(10)17;/h4-8H,3H2,1-2H3,(H-,16,17);1H. The van der Waals surface area contributed by atoms with E-state index in [4.69, 9.17) is 0 Å². The van der Waals surface area contributed by atoms with E-state index < -0.39 is 0 Å². The molecule has 0 aliphatic carbocycles. The smallest absolute Gasteiger partial charge is 0.219 e. The van der Waals surface area contributed by atoms with Gasteiger partial charge in [0, 0.05) is 30.4 Å². The Hall–Kier alpha value is -1.40. The average Bonchev–Trinajstić information content (AvgIpc) is 2.68. The maximum absolute atomic E-state index is 9.67. The lowest BCUT2D eigenvalue weighted by Gasteiger charge is -1.96. The molecular formula is C13H15BrN2O2S. The molecule has 4 nitrogen and oxygen atoms in total. The van der Waals surface area contributed by atoms with E-state index in [1.54, 1.807) is 23.5 Å². The summed E-state index contributed by atoms with van der Waals surface area (Å²) in [5, 5.41) is 25.3. The zero-order valence-corrected chi connectivity index (χ0v) is 13.1. The van der Waals surface area contributed by atoms with Gasteiger partial charge in [-0.25, -0.2) is 0 Å². The fraction of sp³-hybridized carbons (Fsp3) is 0.231. The maximum Gasteiger partial charge on any atom is 0.219 e. The third kappa shape index (κ3) is 3.78. The van der Waals surface area contributed by atoms with Crippen LogP contribution in [0.5, 0.6) is 11.5 Å². The molecule has 102 valence electrons. The monoisotopic (exact) mass is 342 g/mol. The first kappa shape index (κ1) is 15.7. The molecule has 1 aromatic heterocycles. The van der Waals surface area contributed by atoms with E-state index in [0.29, 0.717) is 5.56 Å². The molecule has 0 spiro atoms. The van der Waals surface area contributed by atoms with Crippen molar-refractivity contribution < 1.29 is 27.2 Å². The second-order valence-electron chi connectivity index (χ2n) is 3.85. The summed E-state index contributed by atoms with van der Waals surface area (Å²) < 4.78 is 1.91. The van der Waals surface area contributed by atoms with Gasteiger partial charge in [0.25, 0.3) is 0 Å². The number of hydrogen-bond acceptors (Lipinski definition) is 4. The summed E-state index contributed by atoms with van der Waals surface area (Å²) in [6, 6.07) is 4.54. The number of phenolic OH excluding ortho intramolecular Hbond substituents is 2. The molecule has 0 bridgehead atoms. The molecule has 2 rings (SSSR count). The van der Waals surface area contributed by atoms with E-state index in [9.17, 15) is 10.2 Å². The fourth-order valence-electron chi connectivity index (χ4n) is 1.62. The topological polar surface area (TPSA) is 58.3 Å². The van der Waals surface area contributed by atoms with Crippen molar-refractivity contribution in [2.24, 2.45) is 0 Å². The molecule has 1 heterocycles. The third-order valence-electron chi connectivity index (χ3n) is 2.49. The van der Waals surface area contributed by atoms with Crippen molar-refractivity contribution in [3.05, 3.63) is 33.8 Å². The largest absolute Gasteiger partial charge is 1.00 e. The zero-order valence-electron chi connectivity index (χ0n) is 10.7. The van der Waals surface area contributed by atoms with Crippen molar-refractivity contribution in [2.45, 2.75) is 20.4 Å². The Morgan fingerprint density at radius 1 is 1.42 bits per heavy atom. The van der Waals surface area contributed by atoms with Gasteiger partial charge in [-0.2, -0.15) is 4.68 Å². The van der Waals surface area contributed by atoms with Gasteiger partial charge in [-0.1, -0.05) is 5.10 Å². The first-order chi connectivity index (χ1) is 8.60. The molecule has 0 amide bonds. The number of hydrogen-bond donors (Lipinski definition) is 2. The Bertz CT molecular complexity index is 596. The van der Waals surface area contributed by atoms with Crippen LogP contribution in [0.3, 0.4) is 0 Å². The Balaban J connectivity index is 0.00000180. The van der Waals surface area contributed by atoms with E-state index in [0.717, 1.165) is 16.6 Å². The van der Waals surface area contributed by atoms with Gasteiger partial charge in [0.2, 0.25) is 10.0 Å². The van der Waals surface area contributed by atoms with Crippen LogP contribution in [0.2, 0.25) is 0 Å². The third-order valence-corrected chi connectivity index (χ3v) is 3.42. The number of aromatic nitrogens is 2. The van der Waals surface area contributed by atoms with Crippen LogP contribution in [0, 0.1) is 6.92 Å². The van der Waals surface area contributed by atoms with E-state index in [2.05, 4.69) is 5.10 Å². The number of phenols is 2. The van der Waals surface area contributed by atoms with Crippen LogP contribution in [-0.2, 0) is 6.54 Å². The lowest BCUT2D eigenvalue weighted by atomic mass is 10.2. The molecule has 0 aliphatic heterocycles. The van der Waals surface area contributed by atoms with E-state index in [-0.39, 0.29) is 28.5 Å². The molecule has 2 aromatic rings. The van der Waals surface area contributed by atoms with Crippen molar-refractivity contribution >= 4 is 23.5 Å². The average molecular weight is 343 g/mol. The quantitative estimate of drug-likeness (QED) is 0.780. The summed E-state index contributed by atoms with van der Waals surface area (Å²) in [5.41, 5.74) is 0.668. The lowest BCUT2D eigenvalue weighted by molar-refractivity contribution is -0.00000586. The minimum Gasteiger partial charge on any atom is -1.00 e. The van der Waals surface area contributed by atoms with Gasteiger partial charge in [0.05, 0.1) is 18.2 Å². The number of halogens is 1. The summed E-state index contributed by atoms with van der Waals surface area (Å²) in [6.45, 7) is 4.81. The molecule has 6 heteroatoms. The van der Waals surface area contributed by atoms with E-state index in [1.165, 1.54) is 6.07 Å². The summed E-state index contributed by atoms with van der Waals surface area (Å²) in [6.07, 6.45) is 3.73. The van der Waals surface area contributed by atoms with Gasteiger partial charge in [0.1, 0.15) is 11.5 Å². The van der Waals surface area contributed by atoms with Crippen LogP contribution in [0.15, 0.2) is 18.2 Å². The highest BCUT2D eigenvalue weighted by atomic mass is 79.9. The van der Waals surface area contributed by atoms with Crippen LogP contribution >= 0.6 is 11.3 Å². The molecule has 0 unspecified atom stereocenters. The molecule has 0 radical (unpaired) electrons. The van der Waals surface area contributed by atoms with E-state index in [1.807, 2.05) is 30.7 Å².